The van der Waals surface area contributed by atoms with Crippen LogP contribution < -0.4 is 5.32 Å². The summed E-state index contributed by atoms with van der Waals surface area (Å²) in [7, 11) is 0. The number of unbranched alkanes of at least 4 members (excludes halogenated alkanes) is 25. The number of hydrogen-bond donors (Lipinski definition) is 9. The maximum absolute atomic E-state index is 13.2. The molecule has 2 fully saturated rings. The molecule has 2 aliphatic heterocycles. The van der Waals surface area contributed by atoms with Gasteiger partial charge in [-0.05, 0) is 51.4 Å². The summed E-state index contributed by atoms with van der Waals surface area (Å²) in [6.07, 6.45) is 32.9. The lowest BCUT2D eigenvalue weighted by atomic mass is 9.97. The second-order valence-corrected chi connectivity index (χ2v) is 20.1. The Kier molecular flexibility index (Phi) is 39.1. The zero-order valence-electron chi connectivity index (χ0n) is 43.8. The number of aliphatic hydroxyl groups is 8. The Bertz CT molecular complexity index is 1320. The van der Waals surface area contributed by atoms with Gasteiger partial charge >= 0.3 is 0 Å². The summed E-state index contributed by atoms with van der Waals surface area (Å²) in [5.41, 5.74) is 0. The average molecular weight is 998 g/mol. The lowest BCUT2D eigenvalue weighted by Gasteiger charge is -2.46. The molecule has 0 aliphatic carbocycles. The zero-order valence-corrected chi connectivity index (χ0v) is 43.8. The zero-order chi connectivity index (χ0) is 51.0. The van der Waals surface area contributed by atoms with Crippen LogP contribution >= 0.6 is 0 Å². The second-order valence-electron chi connectivity index (χ2n) is 20.1. The molecule has 0 saturated carbocycles. The number of allylic oxidation sites excluding steroid dienone is 6. The van der Waals surface area contributed by atoms with Crippen LogP contribution in [0.1, 0.15) is 219 Å². The van der Waals surface area contributed by atoms with E-state index in [2.05, 4.69) is 55.6 Å². The molecule has 0 bridgehead atoms. The molecule has 2 saturated heterocycles. The summed E-state index contributed by atoms with van der Waals surface area (Å²) in [5.74, 6) is -0.212. The van der Waals surface area contributed by atoms with Gasteiger partial charge in [0.25, 0.3) is 0 Å². The van der Waals surface area contributed by atoms with Gasteiger partial charge in [0.15, 0.2) is 12.6 Å². The van der Waals surface area contributed by atoms with Crippen LogP contribution in [0.25, 0.3) is 0 Å². The molecule has 410 valence electrons. The number of nitrogens with one attached hydrogen (secondary N) is 1. The molecule has 0 radical (unpaired) electrons. The van der Waals surface area contributed by atoms with E-state index in [1.807, 2.05) is 0 Å². The highest BCUT2D eigenvalue weighted by Crippen LogP contribution is 2.30. The fraction of sp³-hybridized carbons (Fsp3) is 0.875. The quantitative estimate of drug-likeness (QED) is 0.0206. The third kappa shape index (κ3) is 28.6. The lowest BCUT2D eigenvalue weighted by Crippen LogP contribution is -2.65. The summed E-state index contributed by atoms with van der Waals surface area (Å²) >= 11 is 0. The van der Waals surface area contributed by atoms with Crippen molar-refractivity contribution < 1.29 is 64.6 Å². The van der Waals surface area contributed by atoms with Crippen molar-refractivity contribution in [3.05, 3.63) is 36.5 Å². The molecule has 70 heavy (non-hydrogen) atoms. The molecular weight excluding hydrogens is 895 g/mol. The molecule has 9 N–H and O–H groups in total. The number of carbonyl (C=O) groups excluding carboxylic acids is 1. The molecule has 12 unspecified atom stereocenters. The maximum atomic E-state index is 13.2. The SMILES string of the molecule is CCCCCCC/C=C\C/C=C\C/C=C\CCCCCCCCCCCCC(=O)NC(COC1OC(CO)C(OC2OC(CO)C(O)C(O)C2O)C(O)C1O)C(O)CCCCCCCCCCCCC. The van der Waals surface area contributed by atoms with E-state index < -0.39 is 86.8 Å². The van der Waals surface area contributed by atoms with Gasteiger partial charge in [-0.2, -0.15) is 0 Å². The third-order valence-corrected chi connectivity index (χ3v) is 13.9. The molecule has 14 nitrogen and oxygen atoms in total. The fourth-order valence-electron chi connectivity index (χ4n) is 9.24. The van der Waals surface area contributed by atoms with E-state index in [1.54, 1.807) is 0 Å². The first kappa shape index (κ1) is 64.3. The van der Waals surface area contributed by atoms with Crippen LogP contribution in [0.4, 0.5) is 0 Å². The topological polar surface area (TPSA) is 228 Å². The summed E-state index contributed by atoms with van der Waals surface area (Å²) in [6, 6.07) is -0.829. The largest absolute Gasteiger partial charge is 0.394 e. The third-order valence-electron chi connectivity index (χ3n) is 13.9. The fourth-order valence-corrected chi connectivity index (χ4v) is 9.24. The molecule has 2 aliphatic rings. The number of ether oxygens (including phenoxy) is 4. The van der Waals surface area contributed by atoms with Gasteiger partial charge in [0, 0.05) is 6.42 Å². The Balaban J connectivity index is 1.72. The lowest BCUT2D eigenvalue weighted by molar-refractivity contribution is -0.359. The van der Waals surface area contributed by atoms with Crippen LogP contribution in [0.5, 0.6) is 0 Å². The molecule has 0 aromatic rings. The number of hydrogen-bond acceptors (Lipinski definition) is 13. The highest BCUT2D eigenvalue weighted by Gasteiger charge is 2.51. The van der Waals surface area contributed by atoms with E-state index in [0.717, 1.165) is 70.6 Å². The Morgan fingerprint density at radius 1 is 0.514 bits per heavy atom. The van der Waals surface area contributed by atoms with Crippen molar-refractivity contribution in [2.45, 2.75) is 293 Å². The van der Waals surface area contributed by atoms with Crippen molar-refractivity contribution in [2.75, 3.05) is 19.8 Å². The van der Waals surface area contributed by atoms with Crippen molar-refractivity contribution in [1.82, 2.24) is 5.32 Å². The van der Waals surface area contributed by atoms with Gasteiger partial charge in [-0.1, -0.05) is 198 Å². The summed E-state index contributed by atoms with van der Waals surface area (Å²) < 4.78 is 22.8. The minimum atomic E-state index is -1.78. The number of carbonyl (C=O) groups is 1. The monoisotopic (exact) mass is 998 g/mol. The van der Waals surface area contributed by atoms with E-state index in [0.29, 0.717) is 12.8 Å². The normalized spacial score (nSPS) is 26.2. The second kappa shape index (κ2) is 42.6. The Morgan fingerprint density at radius 3 is 1.44 bits per heavy atom. The number of rotatable bonds is 44. The Labute approximate surface area is 423 Å². The Hall–Kier alpha value is -1.79. The van der Waals surface area contributed by atoms with Gasteiger partial charge < -0.3 is 65.1 Å². The molecule has 2 rings (SSSR count). The molecule has 1 amide bonds. The van der Waals surface area contributed by atoms with Crippen LogP contribution in [0.15, 0.2) is 36.5 Å². The molecule has 0 spiro atoms. The smallest absolute Gasteiger partial charge is 0.220 e. The van der Waals surface area contributed by atoms with Crippen molar-refractivity contribution in [3.63, 3.8) is 0 Å². The first-order chi connectivity index (χ1) is 34.1. The number of aliphatic hydroxyl groups excluding tert-OH is 8. The van der Waals surface area contributed by atoms with Gasteiger partial charge in [0.05, 0.1) is 32.0 Å². The van der Waals surface area contributed by atoms with Crippen LogP contribution in [0.3, 0.4) is 0 Å². The predicted molar refractivity (Wildman–Crippen MR) is 277 cm³/mol. The summed E-state index contributed by atoms with van der Waals surface area (Å²) in [5, 5.41) is 87.0. The molecule has 14 heteroatoms. The van der Waals surface area contributed by atoms with Crippen molar-refractivity contribution in [1.29, 1.82) is 0 Å². The highest BCUT2D eigenvalue weighted by molar-refractivity contribution is 5.76. The predicted octanol–water partition coefficient (Wildman–Crippen LogP) is 8.66. The Morgan fingerprint density at radius 2 is 0.943 bits per heavy atom. The first-order valence-electron chi connectivity index (χ1n) is 28.2. The summed E-state index contributed by atoms with van der Waals surface area (Å²) in [6.45, 7) is 2.83. The average Bonchev–Trinajstić information content (AvgIpc) is 3.36. The first-order valence-corrected chi connectivity index (χ1v) is 28.2. The van der Waals surface area contributed by atoms with Crippen LogP contribution in [0, 0.1) is 0 Å². The van der Waals surface area contributed by atoms with Crippen molar-refractivity contribution in [2.24, 2.45) is 0 Å². The van der Waals surface area contributed by atoms with E-state index in [4.69, 9.17) is 18.9 Å². The van der Waals surface area contributed by atoms with Crippen molar-refractivity contribution in [3.8, 4) is 0 Å². The molecule has 0 aromatic heterocycles. The van der Waals surface area contributed by atoms with E-state index in [1.165, 1.54) is 122 Å². The minimum absolute atomic E-state index is 0.212. The molecule has 0 aromatic carbocycles. The van der Waals surface area contributed by atoms with Crippen molar-refractivity contribution >= 4 is 5.91 Å². The van der Waals surface area contributed by atoms with Gasteiger partial charge in [-0.25, -0.2) is 0 Å². The molecular formula is C56H103NO13. The van der Waals surface area contributed by atoms with Gasteiger partial charge in [0.1, 0.15) is 48.8 Å². The van der Waals surface area contributed by atoms with Gasteiger partial charge in [-0.3, -0.25) is 4.79 Å². The maximum Gasteiger partial charge on any atom is 0.220 e. The van der Waals surface area contributed by atoms with Crippen LogP contribution in [-0.2, 0) is 23.7 Å². The summed E-state index contributed by atoms with van der Waals surface area (Å²) in [4.78, 5) is 13.2. The highest BCUT2D eigenvalue weighted by atomic mass is 16.7. The standard InChI is InChI=1S/C56H103NO13/c1-3-5-7-9-11-13-15-16-17-18-19-20-21-22-23-24-25-26-27-28-30-32-34-36-38-40-48(61)57-44(45(60)39-37-35-33-31-29-14-12-10-8-6-4-2)43-67-55-53(66)51(64)54(47(42-59)69-55)70-56-52(65)50(63)49(62)46(41-58)68-56/h15-16,18-19,21-22,44-47,49-56,58-60,62-66H,3-14,17,20,23-43H2,1-2H3,(H,57,61)/b16-15-,19-18-,22-21-. The minimum Gasteiger partial charge on any atom is -0.394 e. The van der Waals surface area contributed by atoms with E-state index in [9.17, 15) is 45.6 Å². The number of amides is 1. The van der Waals surface area contributed by atoms with E-state index in [-0.39, 0.29) is 12.5 Å². The van der Waals surface area contributed by atoms with Gasteiger partial charge in [0.2, 0.25) is 5.91 Å². The van der Waals surface area contributed by atoms with Crippen LogP contribution in [0.2, 0.25) is 0 Å². The van der Waals surface area contributed by atoms with E-state index >= 15 is 0 Å². The van der Waals surface area contributed by atoms with Crippen LogP contribution in [-0.4, -0.2) is 140 Å². The molecule has 2 heterocycles. The molecule has 12 atom stereocenters. The van der Waals surface area contributed by atoms with Gasteiger partial charge in [-0.15, -0.1) is 0 Å².